The highest BCUT2D eigenvalue weighted by molar-refractivity contribution is 5.87. The number of carbonyl (C=O) groups is 2. The molecule has 2 atom stereocenters. The monoisotopic (exact) mass is 253 g/mol. The van der Waals surface area contributed by atoms with Crippen molar-refractivity contribution in [2.24, 2.45) is 23.5 Å². The van der Waals surface area contributed by atoms with Crippen LogP contribution in [-0.4, -0.2) is 17.9 Å². The van der Waals surface area contributed by atoms with E-state index in [-0.39, 0.29) is 6.42 Å². The molecule has 0 aliphatic rings. The van der Waals surface area contributed by atoms with E-state index >= 15 is 0 Å². The van der Waals surface area contributed by atoms with Crippen molar-refractivity contribution >= 4 is 11.7 Å². The minimum atomic E-state index is -4.86. The van der Waals surface area contributed by atoms with Crippen LogP contribution in [-0.2, 0) is 9.59 Å². The molecule has 0 aliphatic carbocycles. The number of Topliss-reactive ketones (excluding diaryl/α,β-unsaturated/α-hetero) is 1. The molecule has 0 heterocycles. The summed E-state index contributed by atoms with van der Waals surface area (Å²) in [7, 11) is 0. The standard InChI is InChI=1S/C11H18F3NO2/c1-4-7(5-8(15)16)9(6(2)3)10(17)11(12,13)14/h6-7,9H,4-5H2,1-3H3,(H2,15,16). The molecule has 0 fully saturated rings. The van der Waals surface area contributed by atoms with Gasteiger partial charge in [-0.05, 0) is 11.8 Å². The lowest BCUT2D eigenvalue weighted by molar-refractivity contribution is -0.179. The van der Waals surface area contributed by atoms with Crippen molar-refractivity contribution in [2.75, 3.05) is 0 Å². The zero-order valence-corrected chi connectivity index (χ0v) is 10.2. The van der Waals surface area contributed by atoms with Crippen LogP contribution in [0.4, 0.5) is 13.2 Å². The first-order valence-corrected chi connectivity index (χ1v) is 5.50. The molecule has 0 bridgehead atoms. The van der Waals surface area contributed by atoms with Crippen molar-refractivity contribution in [3.63, 3.8) is 0 Å². The van der Waals surface area contributed by atoms with E-state index in [4.69, 9.17) is 5.73 Å². The smallest absolute Gasteiger partial charge is 0.370 e. The van der Waals surface area contributed by atoms with Crippen molar-refractivity contribution in [3.8, 4) is 0 Å². The molecule has 100 valence electrons. The van der Waals surface area contributed by atoms with Crippen LogP contribution < -0.4 is 5.73 Å². The first kappa shape index (κ1) is 15.9. The number of halogens is 3. The lowest BCUT2D eigenvalue weighted by Gasteiger charge is -2.28. The Morgan fingerprint density at radius 1 is 1.24 bits per heavy atom. The van der Waals surface area contributed by atoms with Crippen molar-refractivity contribution < 1.29 is 22.8 Å². The number of hydrogen-bond donors (Lipinski definition) is 1. The van der Waals surface area contributed by atoms with E-state index in [1.807, 2.05) is 0 Å². The van der Waals surface area contributed by atoms with Gasteiger partial charge in [0.05, 0.1) is 0 Å². The van der Waals surface area contributed by atoms with Crippen molar-refractivity contribution in [2.45, 2.75) is 39.8 Å². The Labute approximate surface area is 98.5 Å². The third-order valence-corrected chi connectivity index (χ3v) is 2.80. The molecule has 0 saturated heterocycles. The SMILES string of the molecule is CCC(CC(N)=O)C(C(=O)C(F)(F)F)C(C)C. The van der Waals surface area contributed by atoms with E-state index in [1.54, 1.807) is 6.92 Å². The average Bonchev–Trinajstić information content (AvgIpc) is 2.13. The maximum absolute atomic E-state index is 12.4. The predicted molar refractivity (Wildman–Crippen MR) is 57.0 cm³/mol. The van der Waals surface area contributed by atoms with E-state index in [0.29, 0.717) is 6.42 Å². The number of hydrogen-bond acceptors (Lipinski definition) is 2. The lowest BCUT2D eigenvalue weighted by atomic mass is 9.77. The molecule has 3 nitrogen and oxygen atoms in total. The van der Waals surface area contributed by atoms with Crippen LogP contribution in [0.5, 0.6) is 0 Å². The molecule has 2 unspecified atom stereocenters. The molecule has 0 aromatic carbocycles. The van der Waals surface area contributed by atoms with Gasteiger partial charge in [0.2, 0.25) is 11.7 Å². The van der Waals surface area contributed by atoms with E-state index in [2.05, 4.69) is 0 Å². The van der Waals surface area contributed by atoms with Crippen LogP contribution in [0.15, 0.2) is 0 Å². The Bertz CT molecular complexity index is 287. The lowest BCUT2D eigenvalue weighted by Crippen LogP contribution is -2.39. The van der Waals surface area contributed by atoms with Gasteiger partial charge in [0.25, 0.3) is 0 Å². The number of amides is 1. The molecule has 0 radical (unpaired) electrons. The highest BCUT2D eigenvalue weighted by atomic mass is 19.4. The van der Waals surface area contributed by atoms with Crippen LogP contribution >= 0.6 is 0 Å². The number of alkyl halides is 3. The Kier molecular flexibility index (Phi) is 5.64. The van der Waals surface area contributed by atoms with Crippen LogP contribution in [0.3, 0.4) is 0 Å². The Balaban J connectivity index is 5.07. The Hall–Kier alpha value is -1.07. The average molecular weight is 253 g/mol. The summed E-state index contributed by atoms with van der Waals surface area (Å²) in [6.45, 7) is 4.72. The maximum atomic E-state index is 12.4. The zero-order chi connectivity index (χ0) is 13.8. The topological polar surface area (TPSA) is 60.2 Å². The fourth-order valence-corrected chi connectivity index (χ4v) is 2.03. The fraction of sp³-hybridized carbons (Fsp3) is 0.818. The molecule has 0 saturated carbocycles. The van der Waals surface area contributed by atoms with Gasteiger partial charge < -0.3 is 5.73 Å². The normalized spacial score (nSPS) is 15.7. The summed E-state index contributed by atoms with van der Waals surface area (Å²) in [6, 6.07) is 0. The number of rotatable bonds is 6. The van der Waals surface area contributed by atoms with Crippen LogP contribution in [0.25, 0.3) is 0 Å². The Morgan fingerprint density at radius 2 is 1.71 bits per heavy atom. The molecule has 2 N–H and O–H groups in total. The van der Waals surface area contributed by atoms with Gasteiger partial charge in [0.1, 0.15) is 0 Å². The summed E-state index contributed by atoms with van der Waals surface area (Å²) >= 11 is 0. The molecule has 1 amide bonds. The molecule has 6 heteroatoms. The molecular weight excluding hydrogens is 235 g/mol. The summed E-state index contributed by atoms with van der Waals surface area (Å²) in [4.78, 5) is 22.1. The van der Waals surface area contributed by atoms with Crippen molar-refractivity contribution in [1.29, 1.82) is 0 Å². The van der Waals surface area contributed by atoms with E-state index in [9.17, 15) is 22.8 Å². The molecular formula is C11H18F3NO2. The quantitative estimate of drug-likeness (QED) is 0.789. The minimum absolute atomic E-state index is 0.193. The van der Waals surface area contributed by atoms with Crippen LogP contribution in [0.2, 0.25) is 0 Å². The van der Waals surface area contributed by atoms with E-state index < -0.39 is 35.6 Å². The third kappa shape index (κ3) is 4.75. The molecule has 0 spiro atoms. The van der Waals surface area contributed by atoms with Gasteiger partial charge >= 0.3 is 6.18 Å². The summed E-state index contributed by atoms with van der Waals surface area (Å²) in [5, 5.41) is 0. The predicted octanol–water partition coefficient (Wildman–Crippen LogP) is 2.29. The van der Waals surface area contributed by atoms with Gasteiger partial charge in [-0.3, -0.25) is 9.59 Å². The molecule has 0 rings (SSSR count). The highest BCUT2D eigenvalue weighted by Crippen LogP contribution is 2.33. The first-order valence-electron chi connectivity index (χ1n) is 5.50. The van der Waals surface area contributed by atoms with Crippen molar-refractivity contribution in [1.82, 2.24) is 0 Å². The number of nitrogens with two attached hydrogens (primary N) is 1. The van der Waals surface area contributed by atoms with E-state index in [0.717, 1.165) is 0 Å². The van der Waals surface area contributed by atoms with E-state index in [1.165, 1.54) is 13.8 Å². The number of ketones is 1. The van der Waals surface area contributed by atoms with Gasteiger partial charge in [-0.2, -0.15) is 13.2 Å². The second kappa shape index (κ2) is 6.02. The van der Waals surface area contributed by atoms with Gasteiger partial charge in [-0.15, -0.1) is 0 Å². The zero-order valence-electron chi connectivity index (χ0n) is 10.2. The maximum Gasteiger partial charge on any atom is 0.450 e. The Morgan fingerprint density at radius 3 is 1.94 bits per heavy atom. The third-order valence-electron chi connectivity index (χ3n) is 2.80. The van der Waals surface area contributed by atoms with Gasteiger partial charge in [-0.25, -0.2) is 0 Å². The summed E-state index contributed by atoms with van der Waals surface area (Å²) in [5.74, 6) is -4.78. The summed E-state index contributed by atoms with van der Waals surface area (Å²) in [5.41, 5.74) is 4.98. The molecule has 0 aromatic heterocycles. The second-order valence-electron chi connectivity index (χ2n) is 4.47. The highest BCUT2D eigenvalue weighted by Gasteiger charge is 2.46. The number of carbonyl (C=O) groups excluding carboxylic acids is 2. The number of primary amides is 1. The van der Waals surface area contributed by atoms with Gasteiger partial charge in [0, 0.05) is 12.3 Å². The van der Waals surface area contributed by atoms with Crippen LogP contribution in [0.1, 0.15) is 33.6 Å². The molecule has 0 aromatic rings. The molecule has 17 heavy (non-hydrogen) atoms. The van der Waals surface area contributed by atoms with Crippen LogP contribution in [0, 0.1) is 17.8 Å². The van der Waals surface area contributed by atoms with Gasteiger partial charge in [-0.1, -0.05) is 27.2 Å². The molecule has 0 aliphatic heterocycles. The summed E-state index contributed by atoms with van der Waals surface area (Å²) < 4.78 is 37.3. The largest absolute Gasteiger partial charge is 0.450 e. The summed E-state index contributed by atoms with van der Waals surface area (Å²) in [6.07, 6.45) is -4.74. The van der Waals surface area contributed by atoms with Crippen molar-refractivity contribution in [3.05, 3.63) is 0 Å². The minimum Gasteiger partial charge on any atom is -0.370 e. The second-order valence-corrected chi connectivity index (χ2v) is 4.47. The van der Waals surface area contributed by atoms with Gasteiger partial charge in [0.15, 0.2) is 0 Å². The fourth-order valence-electron chi connectivity index (χ4n) is 2.03. The first-order chi connectivity index (χ1) is 7.61.